The van der Waals surface area contributed by atoms with Crippen molar-refractivity contribution in [3.05, 3.63) is 51.4 Å². The van der Waals surface area contributed by atoms with E-state index in [1.165, 1.54) is 23.5 Å². The first kappa shape index (κ1) is 17.8. The highest BCUT2D eigenvalue weighted by Crippen LogP contribution is 2.28. The van der Waals surface area contributed by atoms with Gasteiger partial charge in [-0.2, -0.15) is 5.26 Å². The Balaban J connectivity index is 1.75. The van der Waals surface area contributed by atoms with Crippen LogP contribution in [-0.2, 0) is 9.53 Å². The van der Waals surface area contributed by atoms with Gasteiger partial charge in [-0.1, -0.05) is 12.1 Å². The molecule has 0 N–H and O–H groups in total. The number of benzene rings is 1. The first-order chi connectivity index (χ1) is 12.4. The Morgan fingerprint density at radius 3 is 2.81 bits per heavy atom. The number of para-hydroxylation sites is 1. The van der Waals surface area contributed by atoms with Crippen LogP contribution in [0, 0.1) is 31.0 Å². The van der Waals surface area contributed by atoms with Crippen molar-refractivity contribution in [1.29, 1.82) is 5.26 Å². The highest BCUT2D eigenvalue weighted by molar-refractivity contribution is 7.09. The molecule has 0 unspecified atom stereocenters. The Morgan fingerprint density at radius 2 is 2.19 bits per heavy atom. The standard InChI is InChI=1S/C18H13FN2O4S/c1-9-8-26-17(21-9)12(6-20)14(22)7-24-18(23)15-10(2)11-4-3-5-13(19)16(11)25-15/h3-5,8,12H,7H2,1-2H3/t12-/m0/s1. The Kier molecular flexibility index (Phi) is 4.82. The molecule has 8 heteroatoms. The first-order valence-corrected chi connectivity index (χ1v) is 8.49. The van der Waals surface area contributed by atoms with Crippen LogP contribution in [0.5, 0.6) is 0 Å². The predicted molar refractivity (Wildman–Crippen MR) is 91.4 cm³/mol. The van der Waals surface area contributed by atoms with E-state index in [2.05, 4.69) is 4.98 Å². The van der Waals surface area contributed by atoms with E-state index < -0.39 is 30.1 Å². The van der Waals surface area contributed by atoms with Gasteiger partial charge < -0.3 is 9.15 Å². The van der Waals surface area contributed by atoms with Gasteiger partial charge in [0.1, 0.15) is 5.01 Å². The van der Waals surface area contributed by atoms with Crippen molar-refractivity contribution in [2.24, 2.45) is 0 Å². The molecule has 0 aliphatic rings. The number of hydrogen-bond acceptors (Lipinski definition) is 7. The number of hydrogen-bond donors (Lipinski definition) is 0. The molecule has 6 nitrogen and oxygen atoms in total. The number of esters is 1. The minimum absolute atomic E-state index is 0.0450. The number of nitriles is 1. The number of ketones is 1. The van der Waals surface area contributed by atoms with Crippen LogP contribution < -0.4 is 0 Å². The molecule has 3 rings (SSSR count). The number of furan rings is 1. The number of carbonyl (C=O) groups excluding carboxylic acids is 2. The van der Waals surface area contributed by atoms with Crippen LogP contribution in [0.2, 0.25) is 0 Å². The molecule has 0 amide bonds. The normalized spacial score (nSPS) is 11.9. The summed E-state index contributed by atoms with van der Waals surface area (Å²) in [7, 11) is 0. The van der Waals surface area contributed by atoms with Gasteiger partial charge >= 0.3 is 5.97 Å². The summed E-state index contributed by atoms with van der Waals surface area (Å²) in [6, 6.07) is 6.22. The zero-order valence-corrected chi connectivity index (χ0v) is 14.7. The van der Waals surface area contributed by atoms with Gasteiger partial charge in [-0.3, -0.25) is 4.79 Å². The SMILES string of the molecule is Cc1csc([C@@H](C#N)C(=O)COC(=O)c2oc3c(F)cccc3c2C)n1. The summed E-state index contributed by atoms with van der Waals surface area (Å²) in [5.41, 5.74) is 1.08. The number of ether oxygens (including phenoxy) is 1. The van der Waals surface area contributed by atoms with Gasteiger partial charge in [0.15, 0.2) is 29.7 Å². The third kappa shape index (κ3) is 3.21. The molecule has 132 valence electrons. The minimum atomic E-state index is -1.10. The van der Waals surface area contributed by atoms with Crippen LogP contribution in [0.25, 0.3) is 11.0 Å². The molecule has 1 aromatic carbocycles. The lowest BCUT2D eigenvalue weighted by Gasteiger charge is -2.06. The van der Waals surface area contributed by atoms with Gasteiger partial charge in [0.25, 0.3) is 0 Å². The van der Waals surface area contributed by atoms with E-state index in [0.29, 0.717) is 21.7 Å². The zero-order valence-electron chi connectivity index (χ0n) is 13.9. The summed E-state index contributed by atoms with van der Waals surface area (Å²) < 4.78 is 24.0. The molecule has 0 spiro atoms. The molecule has 2 aromatic heterocycles. The fourth-order valence-electron chi connectivity index (χ4n) is 2.46. The van der Waals surface area contributed by atoms with Crippen LogP contribution in [0.4, 0.5) is 4.39 Å². The van der Waals surface area contributed by atoms with E-state index >= 15 is 0 Å². The summed E-state index contributed by atoms with van der Waals surface area (Å²) >= 11 is 1.19. The van der Waals surface area contributed by atoms with E-state index in [4.69, 9.17) is 9.15 Å². The van der Waals surface area contributed by atoms with E-state index in [-0.39, 0.29) is 11.3 Å². The van der Waals surface area contributed by atoms with Crippen molar-refractivity contribution in [3.8, 4) is 6.07 Å². The third-order valence-electron chi connectivity index (χ3n) is 3.78. The maximum atomic E-state index is 13.8. The van der Waals surface area contributed by atoms with Crippen LogP contribution in [-0.4, -0.2) is 23.3 Å². The quantitative estimate of drug-likeness (QED) is 0.634. The maximum Gasteiger partial charge on any atom is 0.374 e. The highest BCUT2D eigenvalue weighted by atomic mass is 32.1. The Morgan fingerprint density at radius 1 is 1.42 bits per heavy atom. The largest absolute Gasteiger partial charge is 0.452 e. The second kappa shape index (κ2) is 7.06. The second-order valence-corrected chi connectivity index (χ2v) is 6.49. The average Bonchev–Trinajstić information content (AvgIpc) is 3.18. The van der Waals surface area contributed by atoms with Crippen molar-refractivity contribution in [3.63, 3.8) is 0 Å². The summed E-state index contributed by atoms with van der Waals surface area (Å²) in [5, 5.41) is 11.7. The third-order valence-corrected chi connectivity index (χ3v) is 4.81. The number of rotatable bonds is 5. The molecule has 0 aliphatic carbocycles. The van der Waals surface area contributed by atoms with Gasteiger partial charge in [-0.25, -0.2) is 14.2 Å². The molecule has 0 fully saturated rings. The highest BCUT2D eigenvalue weighted by Gasteiger charge is 2.26. The fourth-order valence-corrected chi connectivity index (χ4v) is 3.32. The van der Waals surface area contributed by atoms with E-state index in [0.717, 1.165) is 0 Å². The lowest BCUT2D eigenvalue weighted by molar-refractivity contribution is -0.122. The number of halogens is 1. The molecule has 0 aliphatic heterocycles. The monoisotopic (exact) mass is 372 g/mol. The summed E-state index contributed by atoms with van der Waals surface area (Å²) in [6.45, 7) is 2.75. The molecule has 0 bridgehead atoms. The summed E-state index contributed by atoms with van der Waals surface area (Å²) in [6.07, 6.45) is 0. The van der Waals surface area contributed by atoms with E-state index in [1.807, 2.05) is 6.07 Å². The maximum absolute atomic E-state index is 13.8. The van der Waals surface area contributed by atoms with Crippen LogP contribution in [0.15, 0.2) is 28.0 Å². The van der Waals surface area contributed by atoms with Crippen molar-refractivity contribution in [2.45, 2.75) is 19.8 Å². The Hall–Kier alpha value is -3.05. The smallest absolute Gasteiger partial charge is 0.374 e. The van der Waals surface area contributed by atoms with Gasteiger partial charge in [0.2, 0.25) is 5.76 Å². The molecule has 0 saturated heterocycles. The first-order valence-electron chi connectivity index (χ1n) is 7.61. The number of thiazole rings is 1. The van der Waals surface area contributed by atoms with Crippen molar-refractivity contribution < 1.29 is 23.1 Å². The Bertz CT molecular complexity index is 1050. The number of fused-ring (bicyclic) bond motifs is 1. The number of carbonyl (C=O) groups is 2. The summed E-state index contributed by atoms with van der Waals surface area (Å²) in [4.78, 5) is 28.5. The number of aromatic nitrogens is 1. The van der Waals surface area contributed by atoms with Crippen molar-refractivity contribution in [1.82, 2.24) is 4.98 Å². The van der Waals surface area contributed by atoms with Gasteiger partial charge in [0.05, 0.1) is 6.07 Å². The Labute approximate surface area is 151 Å². The van der Waals surface area contributed by atoms with Crippen LogP contribution in [0.1, 0.15) is 32.7 Å². The minimum Gasteiger partial charge on any atom is -0.452 e. The summed E-state index contributed by atoms with van der Waals surface area (Å²) in [5.74, 6) is -3.34. The van der Waals surface area contributed by atoms with Gasteiger partial charge in [-0.15, -0.1) is 11.3 Å². The molecular formula is C18H13FN2O4S. The molecule has 0 saturated carbocycles. The lowest BCUT2D eigenvalue weighted by Crippen LogP contribution is -2.20. The van der Waals surface area contributed by atoms with Crippen molar-refractivity contribution >= 4 is 34.1 Å². The predicted octanol–water partition coefficient (Wildman–Crippen LogP) is 3.68. The van der Waals surface area contributed by atoms with Crippen molar-refractivity contribution in [2.75, 3.05) is 6.61 Å². The molecule has 1 atom stereocenters. The topological polar surface area (TPSA) is 93.2 Å². The fraction of sp³-hybridized carbons (Fsp3) is 0.222. The molecule has 0 radical (unpaired) electrons. The molecule has 3 aromatic rings. The van der Waals surface area contributed by atoms with E-state index in [9.17, 15) is 19.2 Å². The number of nitrogens with zero attached hydrogens (tertiary/aromatic N) is 2. The van der Waals surface area contributed by atoms with Gasteiger partial charge in [0, 0.05) is 22.0 Å². The zero-order chi connectivity index (χ0) is 18.8. The molecule has 26 heavy (non-hydrogen) atoms. The van der Waals surface area contributed by atoms with Gasteiger partial charge in [-0.05, 0) is 19.9 Å². The van der Waals surface area contributed by atoms with Crippen LogP contribution in [0.3, 0.4) is 0 Å². The molecule has 2 heterocycles. The molecular weight excluding hydrogens is 359 g/mol. The second-order valence-electron chi connectivity index (χ2n) is 5.60. The lowest BCUT2D eigenvalue weighted by atomic mass is 10.1. The van der Waals surface area contributed by atoms with E-state index in [1.54, 1.807) is 25.3 Å². The van der Waals surface area contributed by atoms with Crippen LogP contribution >= 0.6 is 11.3 Å². The average molecular weight is 372 g/mol. The number of aryl methyl sites for hydroxylation is 2. The number of Topliss-reactive ketones (excluding diaryl/α,β-unsaturated/α-hetero) is 1.